The van der Waals surface area contributed by atoms with E-state index in [1.165, 1.54) is 12.1 Å². The summed E-state index contributed by atoms with van der Waals surface area (Å²) in [6, 6.07) is 14.7. The molecule has 0 radical (unpaired) electrons. The Morgan fingerprint density at radius 1 is 0.804 bits per heavy atom. The highest BCUT2D eigenvalue weighted by Crippen LogP contribution is 2.28. The number of hydrogen-bond donors (Lipinski definition) is 6. The predicted octanol–water partition coefficient (Wildman–Crippen LogP) is 3.09. The Labute approximate surface area is 270 Å². The highest BCUT2D eigenvalue weighted by Gasteiger charge is 2.29. The van der Waals surface area contributed by atoms with Crippen LogP contribution in [0, 0.1) is 11.8 Å². The molecule has 2 aromatic carbocycles. The van der Waals surface area contributed by atoms with Gasteiger partial charge in [-0.05, 0) is 61.3 Å². The third-order valence-electron chi connectivity index (χ3n) is 8.32. The number of nitrogens with one attached hydrogen (secondary N) is 4. The van der Waals surface area contributed by atoms with Crippen LogP contribution < -0.4 is 21.4 Å². The molecule has 0 unspecified atom stereocenters. The van der Waals surface area contributed by atoms with Gasteiger partial charge in [0.2, 0.25) is 23.6 Å². The SMILES string of the molecule is O=C(C[C@@H](CCCc1ccccc1)C(=O)N[C@@H](CC1CCCCC1)C(=O)NCCC(=O)NCCc1ccc(S(=O)(=O)O)cc1)NO. The van der Waals surface area contributed by atoms with Gasteiger partial charge in [-0.2, -0.15) is 8.42 Å². The minimum atomic E-state index is -4.27. The average molecular weight is 659 g/mol. The summed E-state index contributed by atoms with van der Waals surface area (Å²) in [7, 11) is -4.27. The van der Waals surface area contributed by atoms with Gasteiger partial charge < -0.3 is 16.0 Å². The van der Waals surface area contributed by atoms with Crippen molar-refractivity contribution in [2.45, 2.75) is 88.0 Å². The minimum absolute atomic E-state index is 0.0241. The van der Waals surface area contributed by atoms with Crippen molar-refractivity contribution >= 4 is 33.7 Å². The summed E-state index contributed by atoms with van der Waals surface area (Å²) in [4.78, 5) is 50.9. The van der Waals surface area contributed by atoms with Crippen LogP contribution in [0.3, 0.4) is 0 Å². The molecule has 3 rings (SSSR count). The summed E-state index contributed by atoms with van der Waals surface area (Å²) in [5.41, 5.74) is 3.49. The summed E-state index contributed by atoms with van der Waals surface area (Å²) in [5.74, 6) is -2.22. The molecule has 0 bridgehead atoms. The van der Waals surface area contributed by atoms with E-state index in [0.717, 1.165) is 49.7 Å². The lowest BCUT2D eigenvalue weighted by molar-refractivity contribution is -0.136. The Bertz CT molecular complexity index is 1380. The average Bonchev–Trinajstić information content (AvgIpc) is 3.04. The van der Waals surface area contributed by atoms with Gasteiger partial charge in [0.1, 0.15) is 6.04 Å². The van der Waals surface area contributed by atoms with Crippen LogP contribution in [0.15, 0.2) is 59.5 Å². The molecule has 6 N–H and O–H groups in total. The fraction of sp³-hybridized carbons (Fsp3) is 0.515. The Kier molecular flexibility index (Phi) is 15.1. The summed E-state index contributed by atoms with van der Waals surface area (Å²) in [5, 5.41) is 17.5. The van der Waals surface area contributed by atoms with Gasteiger partial charge in [-0.3, -0.25) is 28.9 Å². The van der Waals surface area contributed by atoms with Crippen LogP contribution >= 0.6 is 0 Å². The van der Waals surface area contributed by atoms with Crippen LogP contribution in [0.1, 0.15) is 75.3 Å². The second-order valence-corrected chi connectivity index (χ2v) is 13.3. The standard InChI is InChI=1S/C33H46N4O8S/c38-30(34-20-18-25-14-16-28(17-15-25)46(43,44)45)19-21-35-33(41)29(22-26-10-5-2-6-11-26)36-32(40)27(23-31(39)37-42)13-7-12-24-8-3-1-4-9-24/h1,3-4,8-9,14-17,26-27,29,42H,2,5-7,10-13,18-23H2,(H,34,38)(H,35,41)(H,36,40)(H,37,39)(H,43,44,45)/t27-,29+/m1/s1. The molecule has 1 aliphatic rings. The van der Waals surface area contributed by atoms with Crippen molar-refractivity contribution in [1.82, 2.24) is 21.4 Å². The molecule has 4 amide bonds. The van der Waals surface area contributed by atoms with E-state index in [-0.39, 0.29) is 42.0 Å². The molecule has 2 aromatic rings. The largest absolute Gasteiger partial charge is 0.356 e. The van der Waals surface area contributed by atoms with Crippen LogP contribution in [0.2, 0.25) is 0 Å². The maximum atomic E-state index is 13.4. The Morgan fingerprint density at radius 3 is 2.13 bits per heavy atom. The predicted molar refractivity (Wildman–Crippen MR) is 171 cm³/mol. The van der Waals surface area contributed by atoms with Crippen LogP contribution in [0.25, 0.3) is 0 Å². The van der Waals surface area contributed by atoms with Crippen molar-refractivity contribution in [1.29, 1.82) is 0 Å². The topological polar surface area (TPSA) is 191 Å². The molecule has 0 aliphatic heterocycles. The Hall–Kier alpha value is -3.81. The second-order valence-electron chi connectivity index (χ2n) is 11.9. The third kappa shape index (κ3) is 13.3. The van der Waals surface area contributed by atoms with E-state index in [0.29, 0.717) is 32.2 Å². The number of benzene rings is 2. The van der Waals surface area contributed by atoms with Gasteiger partial charge in [-0.1, -0.05) is 74.6 Å². The first-order valence-electron chi connectivity index (χ1n) is 15.9. The van der Waals surface area contributed by atoms with Crippen LogP contribution in [0.5, 0.6) is 0 Å². The van der Waals surface area contributed by atoms with Gasteiger partial charge >= 0.3 is 0 Å². The molecule has 12 nitrogen and oxygen atoms in total. The number of rotatable bonds is 18. The van der Waals surface area contributed by atoms with Crippen molar-refractivity contribution < 1.29 is 37.4 Å². The van der Waals surface area contributed by atoms with Crippen LogP contribution in [-0.4, -0.2) is 60.9 Å². The molecule has 0 spiro atoms. The summed E-state index contributed by atoms with van der Waals surface area (Å²) >= 11 is 0. The lowest BCUT2D eigenvalue weighted by Gasteiger charge is -2.28. The number of amides is 4. The van der Waals surface area contributed by atoms with E-state index in [9.17, 15) is 27.6 Å². The number of carbonyl (C=O) groups excluding carboxylic acids is 4. The monoisotopic (exact) mass is 658 g/mol. The highest BCUT2D eigenvalue weighted by molar-refractivity contribution is 7.85. The first-order chi connectivity index (χ1) is 22.0. The molecule has 1 fully saturated rings. The molecular formula is C33H46N4O8S. The van der Waals surface area contributed by atoms with Gasteiger partial charge in [0, 0.05) is 31.8 Å². The molecule has 13 heteroatoms. The summed E-state index contributed by atoms with van der Waals surface area (Å²) in [6.07, 6.45) is 7.70. The van der Waals surface area contributed by atoms with Crippen LogP contribution in [0.4, 0.5) is 0 Å². The number of carbonyl (C=O) groups is 4. The second kappa shape index (κ2) is 19.0. The van der Waals surface area contributed by atoms with E-state index in [1.807, 2.05) is 30.3 Å². The van der Waals surface area contributed by atoms with Gasteiger partial charge in [-0.25, -0.2) is 5.48 Å². The molecule has 0 heterocycles. The van der Waals surface area contributed by atoms with Gasteiger partial charge in [0.15, 0.2) is 0 Å². The lowest BCUT2D eigenvalue weighted by atomic mass is 9.84. The molecule has 252 valence electrons. The fourth-order valence-corrected chi connectivity index (χ4v) is 6.23. The Balaban J connectivity index is 1.52. The number of hydrogen-bond acceptors (Lipinski definition) is 7. The van der Waals surface area contributed by atoms with E-state index in [4.69, 9.17) is 9.76 Å². The zero-order valence-corrected chi connectivity index (χ0v) is 26.9. The van der Waals surface area contributed by atoms with E-state index in [1.54, 1.807) is 17.6 Å². The summed E-state index contributed by atoms with van der Waals surface area (Å²) in [6.45, 7) is 0.365. The maximum Gasteiger partial charge on any atom is 0.294 e. The molecule has 0 saturated heterocycles. The molecular weight excluding hydrogens is 612 g/mol. The lowest BCUT2D eigenvalue weighted by Crippen LogP contribution is -2.50. The van der Waals surface area contributed by atoms with Gasteiger partial charge in [-0.15, -0.1) is 0 Å². The Morgan fingerprint density at radius 2 is 1.48 bits per heavy atom. The zero-order valence-electron chi connectivity index (χ0n) is 26.1. The smallest absolute Gasteiger partial charge is 0.294 e. The first kappa shape index (κ1) is 36.7. The molecule has 1 saturated carbocycles. The molecule has 0 aromatic heterocycles. The van der Waals surface area contributed by atoms with E-state index < -0.39 is 33.9 Å². The van der Waals surface area contributed by atoms with Gasteiger partial charge in [0.05, 0.1) is 4.90 Å². The quantitative estimate of drug-likeness (QED) is 0.0800. The van der Waals surface area contributed by atoms with Crippen molar-refractivity contribution in [2.75, 3.05) is 13.1 Å². The van der Waals surface area contributed by atoms with Crippen molar-refractivity contribution in [2.24, 2.45) is 11.8 Å². The third-order valence-corrected chi connectivity index (χ3v) is 9.19. The molecule has 1 aliphatic carbocycles. The minimum Gasteiger partial charge on any atom is -0.356 e. The van der Waals surface area contributed by atoms with Crippen molar-refractivity contribution in [3.8, 4) is 0 Å². The molecule has 2 atom stereocenters. The zero-order chi connectivity index (χ0) is 33.4. The number of hydroxylamine groups is 1. The van der Waals surface area contributed by atoms with Crippen molar-refractivity contribution in [3.63, 3.8) is 0 Å². The number of aryl methyl sites for hydroxylation is 1. The van der Waals surface area contributed by atoms with E-state index in [2.05, 4.69) is 16.0 Å². The normalized spacial score (nSPS) is 14.9. The molecule has 46 heavy (non-hydrogen) atoms. The first-order valence-corrected chi connectivity index (χ1v) is 17.4. The van der Waals surface area contributed by atoms with Crippen molar-refractivity contribution in [3.05, 3.63) is 65.7 Å². The van der Waals surface area contributed by atoms with E-state index >= 15 is 0 Å². The van der Waals surface area contributed by atoms with Crippen LogP contribution in [-0.2, 0) is 42.1 Å². The highest BCUT2D eigenvalue weighted by atomic mass is 32.2. The fourth-order valence-electron chi connectivity index (χ4n) is 5.75. The summed E-state index contributed by atoms with van der Waals surface area (Å²) < 4.78 is 31.4. The maximum absolute atomic E-state index is 13.4. The van der Waals surface area contributed by atoms with Gasteiger partial charge in [0.25, 0.3) is 10.1 Å².